The van der Waals surface area contributed by atoms with Gasteiger partial charge in [-0.2, -0.15) is 0 Å². The molecule has 0 aliphatic carbocycles. The Kier molecular flexibility index (Phi) is 8.34. The summed E-state index contributed by atoms with van der Waals surface area (Å²) in [6.07, 6.45) is 0. The summed E-state index contributed by atoms with van der Waals surface area (Å²) in [6, 6.07) is 0. The summed E-state index contributed by atoms with van der Waals surface area (Å²) in [4.78, 5) is 21.0. The fourth-order valence-electron chi connectivity index (χ4n) is 0.543. The van der Waals surface area contributed by atoms with Crippen LogP contribution in [0.4, 0.5) is 0 Å². The van der Waals surface area contributed by atoms with Crippen molar-refractivity contribution >= 4 is 11.9 Å². The van der Waals surface area contributed by atoms with E-state index in [1.54, 1.807) is 13.8 Å². The molecule has 76 valence electrons. The quantitative estimate of drug-likeness (QED) is 0.431. The average molecular weight is 186 g/mol. The Labute approximate surface area is 79.8 Å². The molecule has 0 aromatic carbocycles. The molecule has 0 saturated carbocycles. The molecule has 0 aromatic rings. The van der Waals surface area contributed by atoms with Gasteiger partial charge in [0, 0.05) is 11.1 Å². The van der Waals surface area contributed by atoms with Gasteiger partial charge < -0.3 is 4.74 Å². The van der Waals surface area contributed by atoms with Crippen LogP contribution in [0, 0.1) is 0 Å². The lowest BCUT2D eigenvalue weighted by Gasteiger charge is -1.84. The van der Waals surface area contributed by atoms with Crippen molar-refractivity contribution in [1.29, 1.82) is 0 Å². The van der Waals surface area contributed by atoms with Gasteiger partial charge in [-0.25, -0.2) is 9.59 Å². The first-order valence-electron chi connectivity index (χ1n) is 4.57. The SMILES string of the molecule is CC.CC.CC1=C(C)C(=O)OC1=O. The number of carbonyl (C=O) groups is 2. The van der Waals surface area contributed by atoms with Crippen LogP contribution in [0.15, 0.2) is 11.1 Å². The third-order valence-corrected chi connectivity index (χ3v) is 1.36. The molecule has 3 heteroatoms. The maximum Gasteiger partial charge on any atom is 0.342 e. The van der Waals surface area contributed by atoms with Gasteiger partial charge in [-0.3, -0.25) is 0 Å². The summed E-state index contributed by atoms with van der Waals surface area (Å²) in [6.45, 7) is 11.1. The smallest absolute Gasteiger partial charge is 0.342 e. The summed E-state index contributed by atoms with van der Waals surface area (Å²) < 4.78 is 4.23. The molecule has 0 unspecified atom stereocenters. The molecule has 0 fully saturated rings. The van der Waals surface area contributed by atoms with Crippen molar-refractivity contribution in [2.24, 2.45) is 0 Å². The fraction of sp³-hybridized carbons (Fsp3) is 0.600. The van der Waals surface area contributed by atoms with Crippen LogP contribution in [0.2, 0.25) is 0 Å². The lowest BCUT2D eigenvalue weighted by atomic mass is 10.2. The molecule has 0 amide bonds. The van der Waals surface area contributed by atoms with E-state index in [1.165, 1.54) is 0 Å². The molecule has 0 aromatic heterocycles. The molecule has 0 N–H and O–H groups in total. The van der Waals surface area contributed by atoms with E-state index in [1.807, 2.05) is 27.7 Å². The van der Waals surface area contributed by atoms with Crippen molar-refractivity contribution in [2.45, 2.75) is 41.5 Å². The van der Waals surface area contributed by atoms with E-state index in [2.05, 4.69) is 4.74 Å². The van der Waals surface area contributed by atoms with E-state index < -0.39 is 11.9 Å². The van der Waals surface area contributed by atoms with Crippen molar-refractivity contribution < 1.29 is 14.3 Å². The highest BCUT2D eigenvalue weighted by molar-refractivity contribution is 6.11. The molecule has 1 heterocycles. The Bertz CT molecular complexity index is 192. The van der Waals surface area contributed by atoms with Gasteiger partial charge in [0.2, 0.25) is 0 Å². The molecule has 1 aliphatic rings. The summed E-state index contributed by atoms with van der Waals surface area (Å²) in [5.41, 5.74) is 0.833. The molecule has 3 nitrogen and oxygen atoms in total. The van der Waals surface area contributed by atoms with E-state index in [-0.39, 0.29) is 0 Å². The Morgan fingerprint density at radius 2 is 1.00 bits per heavy atom. The maximum absolute atomic E-state index is 10.5. The predicted octanol–water partition coefficient (Wildman–Crippen LogP) is 2.46. The molecule has 0 radical (unpaired) electrons. The van der Waals surface area contributed by atoms with E-state index in [0.29, 0.717) is 11.1 Å². The van der Waals surface area contributed by atoms with Crippen LogP contribution in [-0.4, -0.2) is 11.9 Å². The second-order valence-corrected chi connectivity index (χ2v) is 1.93. The van der Waals surface area contributed by atoms with Crippen LogP contribution >= 0.6 is 0 Å². The van der Waals surface area contributed by atoms with Crippen LogP contribution < -0.4 is 0 Å². The highest BCUT2D eigenvalue weighted by Crippen LogP contribution is 2.14. The molecular weight excluding hydrogens is 168 g/mol. The van der Waals surface area contributed by atoms with Crippen molar-refractivity contribution in [3.63, 3.8) is 0 Å². The average Bonchev–Trinajstić information content (AvgIpc) is 2.40. The van der Waals surface area contributed by atoms with Gasteiger partial charge in [0.15, 0.2) is 0 Å². The zero-order chi connectivity index (χ0) is 11.0. The zero-order valence-corrected chi connectivity index (χ0v) is 9.22. The molecule has 1 aliphatic heterocycles. The third-order valence-electron chi connectivity index (χ3n) is 1.36. The van der Waals surface area contributed by atoms with Gasteiger partial charge in [-0.15, -0.1) is 0 Å². The van der Waals surface area contributed by atoms with E-state index in [4.69, 9.17) is 0 Å². The van der Waals surface area contributed by atoms with Crippen LogP contribution in [0.3, 0.4) is 0 Å². The lowest BCUT2D eigenvalue weighted by molar-refractivity contribution is -0.151. The second kappa shape index (κ2) is 7.53. The number of hydrogen-bond acceptors (Lipinski definition) is 3. The lowest BCUT2D eigenvalue weighted by Crippen LogP contribution is -2.00. The minimum absolute atomic E-state index is 0.417. The molecule has 13 heavy (non-hydrogen) atoms. The van der Waals surface area contributed by atoms with Crippen LogP contribution in [0.25, 0.3) is 0 Å². The molecular formula is C10H18O3. The number of carbonyl (C=O) groups excluding carboxylic acids is 2. The fourth-order valence-corrected chi connectivity index (χ4v) is 0.543. The van der Waals surface area contributed by atoms with Crippen molar-refractivity contribution in [3.05, 3.63) is 11.1 Å². The Balaban J connectivity index is 0. The molecule has 0 spiro atoms. The summed E-state index contributed by atoms with van der Waals surface area (Å²) >= 11 is 0. The Morgan fingerprint density at radius 3 is 1.08 bits per heavy atom. The van der Waals surface area contributed by atoms with Crippen molar-refractivity contribution in [1.82, 2.24) is 0 Å². The minimum Gasteiger partial charge on any atom is -0.386 e. The van der Waals surface area contributed by atoms with Gasteiger partial charge in [-0.05, 0) is 13.8 Å². The maximum atomic E-state index is 10.5. The van der Waals surface area contributed by atoms with E-state index >= 15 is 0 Å². The molecule has 0 atom stereocenters. The van der Waals surface area contributed by atoms with Crippen LogP contribution in [-0.2, 0) is 14.3 Å². The Morgan fingerprint density at radius 1 is 0.769 bits per heavy atom. The first kappa shape index (κ1) is 14.4. The highest BCUT2D eigenvalue weighted by atomic mass is 16.6. The monoisotopic (exact) mass is 186 g/mol. The van der Waals surface area contributed by atoms with Gasteiger partial charge in [0.25, 0.3) is 0 Å². The van der Waals surface area contributed by atoms with Gasteiger partial charge in [0.05, 0.1) is 0 Å². The molecule has 0 bridgehead atoms. The number of ether oxygens (including phenoxy) is 1. The third kappa shape index (κ3) is 3.87. The summed E-state index contributed by atoms with van der Waals surface area (Å²) in [5.74, 6) is -1.03. The van der Waals surface area contributed by atoms with Gasteiger partial charge in [-0.1, -0.05) is 27.7 Å². The summed E-state index contributed by atoms with van der Waals surface area (Å²) in [7, 11) is 0. The summed E-state index contributed by atoms with van der Waals surface area (Å²) in [5, 5.41) is 0. The van der Waals surface area contributed by atoms with Gasteiger partial charge >= 0.3 is 11.9 Å². The normalized spacial score (nSPS) is 14.0. The van der Waals surface area contributed by atoms with E-state index in [9.17, 15) is 9.59 Å². The number of rotatable bonds is 0. The molecule has 1 rings (SSSR count). The Hall–Kier alpha value is -1.12. The van der Waals surface area contributed by atoms with Crippen molar-refractivity contribution in [3.8, 4) is 0 Å². The predicted molar refractivity (Wildman–Crippen MR) is 52.2 cm³/mol. The number of esters is 2. The van der Waals surface area contributed by atoms with Crippen LogP contribution in [0.5, 0.6) is 0 Å². The minimum atomic E-state index is -0.516. The standard InChI is InChI=1S/C6H6O3.2C2H6/c1-3-4(2)6(8)9-5(3)7;2*1-2/h1-2H3;2*1-2H3. The first-order valence-corrected chi connectivity index (χ1v) is 4.57. The largest absolute Gasteiger partial charge is 0.386 e. The molecule has 0 saturated heterocycles. The van der Waals surface area contributed by atoms with Crippen molar-refractivity contribution in [2.75, 3.05) is 0 Å². The van der Waals surface area contributed by atoms with Gasteiger partial charge in [0.1, 0.15) is 0 Å². The highest BCUT2D eigenvalue weighted by Gasteiger charge is 2.25. The van der Waals surface area contributed by atoms with Crippen LogP contribution in [0.1, 0.15) is 41.5 Å². The first-order chi connectivity index (χ1) is 6.13. The zero-order valence-electron chi connectivity index (χ0n) is 9.22. The number of cyclic esters (lactones) is 2. The van der Waals surface area contributed by atoms with E-state index in [0.717, 1.165) is 0 Å². The number of hydrogen-bond donors (Lipinski definition) is 0. The topological polar surface area (TPSA) is 43.4 Å². The second-order valence-electron chi connectivity index (χ2n) is 1.93.